The normalized spacial score (nSPS) is 36.7. The third kappa shape index (κ3) is 1.98. The number of nitrogens with zero attached hydrogens (tertiary/aromatic N) is 2. The quantitative estimate of drug-likeness (QED) is 0.495. The number of hydrogen-bond donors (Lipinski definition) is 0. The van der Waals surface area contributed by atoms with Crippen LogP contribution in [0.1, 0.15) is 33.1 Å². The molecule has 0 heterocycles. The van der Waals surface area contributed by atoms with Gasteiger partial charge in [0.25, 0.3) is 0 Å². The van der Waals surface area contributed by atoms with Gasteiger partial charge in [-0.05, 0) is 26.2 Å². The van der Waals surface area contributed by atoms with Crippen LogP contribution in [0.4, 0.5) is 0 Å². The molecular formula is C10H14N2O2. The van der Waals surface area contributed by atoms with Gasteiger partial charge in [-0.3, -0.25) is 0 Å². The molecule has 0 radical (unpaired) electrons. The first-order valence-corrected chi connectivity index (χ1v) is 4.80. The standard InChI is InChI=1S/C10H14N2O2/c1-8-9(11-6-13)4-3-5-10(8,2)12-7-14/h8-9H,3-5H2,1-2H3. The molecule has 0 N–H and O–H groups in total. The van der Waals surface area contributed by atoms with Crippen LogP contribution in [0, 0.1) is 5.92 Å². The van der Waals surface area contributed by atoms with Crippen LogP contribution in [0.5, 0.6) is 0 Å². The molecule has 1 fully saturated rings. The van der Waals surface area contributed by atoms with Crippen molar-refractivity contribution >= 4 is 12.2 Å². The summed E-state index contributed by atoms with van der Waals surface area (Å²) >= 11 is 0. The molecule has 0 aromatic rings. The van der Waals surface area contributed by atoms with E-state index in [4.69, 9.17) is 0 Å². The zero-order chi connectivity index (χ0) is 10.6. The van der Waals surface area contributed by atoms with Crippen LogP contribution >= 0.6 is 0 Å². The van der Waals surface area contributed by atoms with Crippen molar-refractivity contribution in [2.75, 3.05) is 0 Å². The van der Waals surface area contributed by atoms with E-state index in [1.807, 2.05) is 13.8 Å². The molecule has 0 amide bonds. The average Bonchev–Trinajstić information content (AvgIpc) is 2.14. The van der Waals surface area contributed by atoms with E-state index in [1.165, 1.54) is 0 Å². The smallest absolute Gasteiger partial charge is 0.211 e. The molecule has 1 aliphatic rings. The highest BCUT2D eigenvalue weighted by atomic mass is 16.1. The van der Waals surface area contributed by atoms with Crippen LogP contribution in [-0.4, -0.2) is 23.7 Å². The van der Waals surface area contributed by atoms with Crippen molar-refractivity contribution in [3.8, 4) is 0 Å². The summed E-state index contributed by atoms with van der Waals surface area (Å²) in [6.07, 6.45) is 5.85. The van der Waals surface area contributed by atoms with Gasteiger partial charge in [0.1, 0.15) is 0 Å². The van der Waals surface area contributed by atoms with Gasteiger partial charge in [-0.15, -0.1) is 0 Å². The Balaban J connectivity index is 2.89. The van der Waals surface area contributed by atoms with Gasteiger partial charge in [0.2, 0.25) is 12.2 Å². The first-order chi connectivity index (χ1) is 6.64. The number of hydrogen-bond acceptors (Lipinski definition) is 4. The highest BCUT2D eigenvalue weighted by molar-refractivity contribution is 5.36. The molecule has 1 saturated carbocycles. The maximum Gasteiger partial charge on any atom is 0.235 e. The molecule has 1 aliphatic carbocycles. The second kappa shape index (κ2) is 4.32. The Labute approximate surface area is 83.1 Å². The summed E-state index contributed by atoms with van der Waals surface area (Å²) in [6.45, 7) is 3.88. The largest absolute Gasteiger partial charge is 0.235 e. The molecule has 0 aliphatic heterocycles. The third-order valence-electron chi connectivity index (χ3n) is 3.26. The summed E-state index contributed by atoms with van der Waals surface area (Å²) in [4.78, 5) is 28.1. The van der Waals surface area contributed by atoms with Crippen molar-refractivity contribution in [3.05, 3.63) is 0 Å². The lowest BCUT2D eigenvalue weighted by Crippen LogP contribution is -2.41. The Morgan fingerprint density at radius 3 is 2.64 bits per heavy atom. The summed E-state index contributed by atoms with van der Waals surface area (Å²) in [6, 6.07) is -0.0525. The fourth-order valence-corrected chi connectivity index (χ4v) is 2.07. The molecule has 14 heavy (non-hydrogen) atoms. The van der Waals surface area contributed by atoms with Crippen LogP contribution in [0.15, 0.2) is 9.98 Å². The fraction of sp³-hybridized carbons (Fsp3) is 0.800. The van der Waals surface area contributed by atoms with Crippen molar-refractivity contribution in [2.45, 2.75) is 44.7 Å². The maximum absolute atomic E-state index is 10.3. The monoisotopic (exact) mass is 194 g/mol. The van der Waals surface area contributed by atoms with Gasteiger partial charge in [-0.1, -0.05) is 6.92 Å². The number of aliphatic imine (C=N–C) groups is 2. The predicted octanol–water partition coefficient (Wildman–Crippen LogP) is 1.61. The second-order valence-electron chi connectivity index (χ2n) is 4.03. The van der Waals surface area contributed by atoms with Gasteiger partial charge in [0.15, 0.2) is 0 Å². The van der Waals surface area contributed by atoms with Gasteiger partial charge in [0, 0.05) is 5.92 Å². The Morgan fingerprint density at radius 1 is 1.36 bits per heavy atom. The van der Waals surface area contributed by atoms with Crippen LogP contribution in [0.25, 0.3) is 0 Å². The van der Waals surface area contributed by atoms with Crippen LogP contribution in [0.3, 0.4) is 0 Å². The average molecular weight is 194 g/mol. The van der Waals surface area contributed by atoms with E-state index in [2.05, 4.69) is 9.98 Å². The van der Waals surface area contributed by atoms with Crippen molar-refractivity contribution in [3.63, 3.8) is 0 Å². The van der Waals surface area contributed by atoms with Crippen molar-refractivity contribution in [1.29, 1.82) is 0 Å². The van der Waals surface area contributed by atoms with E-state index in [0.29, 0.717) is 0 Å². The molecule has 0 aromatic heterocycles. The van der Waals surface area contributed by atoms with Gasteiger partial charge >= 0.3 is 0 Å². The van der Waals surface area contributed by atoms with Crippen LogP contribution in [0.2, 0.25) is 0 Å². The summed E-state index contributed by atoms with van der Waals surface area (Å²) in [5, 5.41) is 0. The van der Waals surface area contributed by atoms with Crippen LogP contribution < -0.4 is 0 Å². The van der Waals surface area contributed by atoms with Crippen LogP contribution in [-0.2, 0) is 9.59 Å². The number of rotatable bonds is 2. The Morgan fingerprint density at radius 2 is 2.07 bits per heavy atom. The van der Waals surface area contributed by atoms with Gasteiger partial charge in [-0.2, -0.15) is 4.99 Å². The highest BCUT2D eigenvalue weighted by Crippen LogP contribution is 2.37. The lowest BCUT2D eigenvalue weighted by Gasteiger charge is -2.38. The molecule has 0 aromatic carbocycles. The Hall–Kier alpha value is -1.24. The molecule has 3 unspecified atom stereocenters. The van der Waals surface area contributed by atoms with Gasteiger partial charge < -0.3 is 0 Å². The maximum atomic E-state index is 10.3. The lowest BCUT2D eigenvalue weighted by atomic mass is 9.72. The molecule has 0 saturated heterocycles. The Kier molecular flexibility index (Phi) is 3.34. The molecule has 3 atom stereocenters. The lowest BCUT2D eigenvalue weighted by molar-refractivity contribution is 0.199. The zero-order valence-electron chi connectivity index (χ0n) is 8.49. The minimum atomic E-state index is -0.412. The van der Waals surface area contributed by atoms with E-state index in [9.17, 15) is 9.59 Å². The first kappa shape index (κ1) is 10.8. The minimum Gasteiger partial charge on any atom is -0.211 e. The second-order valence-corrected chi connectivity index (χ2v) is 4.03. The molecule has 4 nitrogen and oxygen atoms in total. The molecule has 76 valence electrons. The number of carbonyl (C=O) groups excluding carboxylic acids is 2. The van der Waals surface area contributed by atoms with Gasteiger partial charge in [0.05, 0.1) is 11.6 Å². The van der Waals surface area contributed by atoms with Crippen molar-refractivity contribution in [1.82, 2.24) is 0 Å². The number of isocyanates is 2. The van der Waals surface area contributed by atoms with Gasteiger partial charge in [-0.25, -0.2) is 14.6 Å². The molecule has 0 spiro atoms. The first-order valence-electron chi connectivity index (χ1n) is 4.80. The SMILES string of the molecule is CC1C(N=C=O)CCCC1(C)N=C=O. The molecular weight excluding hydrogens is 180 g/mol. The van der Waals surface area contributed by atoms with E-state index in [1.54, 1.807) is 12.2 Å². The highest BCUT2D eigenvalue weighted by Gasteiger charge is 2.39. The fourth-order valence-electron chi connectivity index (χ4n) is 2.07. The minimum absolute atomic E-state index is 0.0525. The Bertz CT molecular complexity index is 303. The van der Waals surface area contributed by atoms with E-state index < -0.39 is 5.54 Å². The zero-order valence-corrected chi connectivity index (χ0v) is 8.49. The van der Waals surface area contributed by atoms with Crippen molar-refractivity contribution in [2.24, 2.45) is 15.9 Å². The summed E-state index contributed by atoms with van der Waals surface area (Å²) < 4.78 is 0. The summed E-state index contributed by atoms with van der Waals surface area (Å²) in [7, 11) is 0. The third-order valence-corrected chi connectivity index (χ3v) is 3.26. The summed E-state index contributed by atoms with van der Waals surface area (Å²) in [5.74, 6) is 0.0964. The predicted molar refractivity (Wildman–Crippen MR) is 51.5 cm³/mol. The van der Waals surface area contributed by atoms with E-state index >= 15 is 0 Å². The molecule has 0 bridgehead atoms. The summed E-state index contributed by atoms with van der Waals surface area (Å²) in [5.41, 5.74) is -0.412. The topological polar surface area (TPSA) is 58.9 Å². The molecule has 4 heteroatoms. The molecule has 1 rings (SSSR count). The van der Waals surface area contributed by atoms with Crippen molar-refractivity contribution < 1.29 is 9.59 Å². The van der Waals surface area contributed by atoms with E-state index in [-0.39, 0.29) is 12.0 Å². The van der Waals surface area contributed by atoms with E-state index in [0.717, 1.165) is 19.3 Å².